The Morgan fingerprint density at radius 2 is 1.45 bits per heavy atom. The predicted molar refractivity (Wildman–Crippen MR) is 169 cm³/mol. The molecule has 1 spiro atoms. The van der Waals surface area contributed by atoms with Crippen molar-refractivity contribution in [2.24, 2.45) is 10.2 Å². The van der Waals surface area contributed by atoms with E-state index in [0.29, 0.717) is 6.42 Å². The van der Waals surface area contributed by atoms with Crippen molar-refractivity contribution in [2.75, 3.05) is 22.0 Å². The Bertz CT molecular complexity index is 1680. The Labute approximate surface area is 250 Å². The largest absolute Gasteiger partial charge is 0.497 e. The maximum Gasteiger partial charge on any atom is 0.251 e. The molecular formula is C34H30ClN5O2. The molecule has 0 bridgehead atoms. The lowest BCUT2D eigenvalue weighted by atomic mass is 9.86. The zero-order chi connectivity index (χ0) is 28.8. The average Bonchev–Trinajstić information content (AvgIpc) is 3.65. The first kappa shape index (κ1) is 26.3. The number of carbonyl (C=O) groups is 1. The minimum absolute atomic E-state index is 0.0447. The van der Waals surface area contributed by atoms with Gasteiger partial charge in [-0.3, -0.25) is 14.7 Å². The normalized spacial score (nSPS) is 23.2. The smallest absolute Gasteiger partial charge is 0.251 e. The van der Waals surface area contributed by atoms with Crippen molar-refractivity contribution in [3.63, 3.8) is 0 Å². The fraction of sp³-hybridized carbons (Fsp3) is 0.206. The number of para-hydroxylation sites is 2. The molecule has 7 rings (SSSR count). The third-order valence-corrected chi connectivity index (χ3v) is 8.81. The maximum atomic E-state index is 13.3. The molecule has 0 saturated carbocycles. The Morgan fingerprint density at radius 1 is 0.810 bits per heavy atom. The number of hydrazone groups is 2. The Balaban J connectivity index is 1.20. The Kier molecular flexibility index (Phi) is 6.47. The molecule has 7 nitrogen and oxygen atoms in total. The molecule has 1 saturated heterocycles. The summed E-state index contributed by atoms with van der Waals surface area (Å²) in [5.41, 5.74) is 6.04. The first-order valence-corrected chi connectivity index (χ1v) is 14.5. The molecule has 210 valence electrons. The van der Waals surface area contributed by atoms with Crippen LogP contribution < -0.4 is 19.7 Å². The van der Waals surface area contributed by atoms with E-state index in [-0.39, 0.29) is 11.9 Å². The van der Waals surface area contributed by atoms with Crippen molar-refractivity contribution in [1.29, 1.82) is 0 Å². The third kappa shape index (κ3) is 4.15. The van der Waals surface area contributed by atoms with Crippen LogP contribution in [0.25, 0.3) is 0 Å². The topological polar surface area (TPSA) is 60.7 Å². The van der Waals surface area contributed by atoms with Crippen LogP contribution in [0, 0.1) is 0 Å². The molecular weight excluding hydrogens is 546 g/mol. The molecule has 4 aromatic rings. The van der Waals surface area contributed by atoms with Gasteiger partial charge in [0.15, 0.2) is 11.0 Å². The van der Waals surface area contributed by atoms with E-state index in [1.807, 2.05) is 96.9 Å². The second-order valence-electron chi connectivity index (χ2n) is 10.8. The van der Waals surface area contributed by atoms with Gasteiger partial charge in [0.25, 0.3) is 5.91 Å². The second-order valence-corrected chi connectivity index (χ2v) is 11.3. The van der Waals surface area contributed by atoms with Gasteiger partial charge >= 0.3 is 0 Å². The highest BCUT2D eigenvalue weighted by Crippen LogP contribution is 2.50. The van der Waals surface area contributed by atoms with Gasteiger partial charge < -0.3 is 4.74 Å². The van der Waals surface area contributed by atoms with E-state index in [9.17, 15) is 4.79 Å². The molecule has 1 fully saturated rings. The van der Waals surface area contributed by atoms with Gasteiger partial charge in [-0.2, -0.15) is 10.2 Å². The number of methoxy groups -OCH3 is 1. The summed E-state index contributed by atoms with van der Waals surface area (Å²) < 4.78 is 5.38. The number of β-lactam (4-membered cyclic amide) rings is 1. The van der Waals surface area contributed by atoms with Gasteiger partial charge in [0.05, 0.1) is 30.2 Å². The highest BCUT2D eigenvalue weighted by atomic mass is 35.5. The number of nitrogens with zero attached hydrogens (tertiary/aromatic N) is 5. The number of halogens is 1. The van der Waals surface area contributed by atoms with Crippen molar-refractivity contribution in [2.45, 2.75) is 36.8 Å². The molecule has 8 heteroatoms. The van der Waals surface area contributed by atoms with E-state index in [0.717, 1.165) is 51.8 Å². The molecule has 3 atom stereocenters. The van der Waals surface area contributed by atoms with Gasteiger partial charge in [-0.1, -0.05) is 60.7 Å². The van der Waals surface area contributed by atoms with E-state index in [4.69, 9.17) is 26.5 Å². The van der Waals surface area contributed by atoms with Gasteiger partial charge in [0.1, 0.15) is 5.75 Å². The van der Waals surface area contributed by atoms with Crippen LogP contribution in [0.15, 0.2) is 119 Å². The van der Waals surface area contributed by atoms with Crippen LogP contribution in [0.1, 0.15) is 36.9 Å². The van der Waals surface area contributed by atoms with Crippen LogP contribution in [0.3, 0.4) is 0 Å². The molecule has 1 amide bonds. The first-order chi connectivity index (χ1) is 20.5. The molecule has 3 aliphatic heterocycles. The highest BCUT2D eigenvalue weighted by Gasteiger charge is 2.66. The van der Waals surface area contributed by atoms with Crippen molar-refractivity contribution in [3.05, 3.63) is 120 Å². The van der Waals surface area contributed by atoms with E-state index >= 15 is 0 Å². The lowest BCUT2D eigenvalue weighted by Crippen LogP contribution is -2.78. The summed E-state index contributed by atoms with van der Waals surface area (Å²) in [6.07, 6.45) is 1.32. The van der Waals surface area contributed by atoms with Crippen molar-refractivity contribution in [3.8, 4) is 5.75 Å². The van der Waals surface area contributed by atoms with Crippen LogP contribution in [-0.4, -0.2) is 35.5 Å². The number of amides is 1. The summed E-state index contributed by atoms with van der Waals surface area (Å²) in [5.74, 6) is 0.703. The number of ether oxygens (including phenoxy) is 1. The van der Waals surface area contributed by atoms with Gasteiger partial charge in [0.2, 0.25) is 0 Å². The Morgan fingerprint density at radius 3 is 2.10 bits per heavy atom. The lowest BCUT2D eigenvalue weighted by Gasteiger charge is -2.56. The monoisotopic (exact) mass is 575 g/mol. The number of rotatable bonds is 6. The molecule has 0 aromatic heterocycles. The zero-order valence-electron chi connectivity index (χ0n) is 23.4. The van der Waals surface area contributed by atoms with Gasteiger partial charge in [-0.15, -0.1) is 11.6 Å². The Hall–Kier alpha value is -4.62. The maximum absolute atomic E-state index is 13.3. The van der Waals surface area contributed by atoms with Crippen molar-refractivity contribution < 1.29 is 9.53 Å². The second kappa shape index (κ2) is 10.3. The van der Waals surface area contributed by atoms with Gasteiger partial charge in [-0.25, -0.2) is 5.01 Å². The zero-order valence-corrected chi connectivity index (χ0v) is 24.1. The van der Waals surface area contributed by atoms with Crippen LogP contribution in [0.2, 0.25) is 0 Å². The van der Waals surface area contributed by atoms with Crippen molar-refractivity contribution >= 4 is 46.0 Å². The van der Waals surface area contributed by atoms with E-state index in [1.54, 1.807) is 12.0 Å². The number of carbonyl (C=O) groups excluding carboxylic acids is 1. The van der Waals surface area contributed by atoms with Gasteiger partial charge in [-0.05, 0) is 66.6 Å². The molecule has 3 heterocycles. The molecule has 0 radical (unpaired) electrons. The minimum atomic E-state index is -0.778. The predicted octanol–water partition coefficient (Wildman–Crippen LogP) is 6.99. The SMILES string of the molecule is COc1ccc(C2CC(c3ccc(N4C(=O)C(Cl)C45CC(C)=NN5c4ccccc4)cc3)=NN2c2ccccc2)cc1. The number of anilines is 3. The number of benzene rings is 4. The summed E-state index contributed by atoms with van der Waals surface area (Å²) in [6, 6.07) is 36.4. The van der Waals surface area contributed by atoms with Crippen LogP contribution in [0.4, 0.5) is 17.1 Å². The van der Waals surface area contributed by atoms with E-state index in [1.165, 1.54) is 0 Å². The first-order valence-electron chi connectivity index (χ1n) is 14.0. The van der Waals surface area contributed by atoms with Crippen LogP contribution >= 0.6 is 11.6 Å². The minimum Gasteiger partial charge on any atom is -0.497 e. The quantitative estimate of drug-likeness (QED) is 0.184. The summed E-state index contributed by atoms with van der Waals surface area (Å²) in [4.78, 5) is 15.1. The summed E-state index contributed by atoms with van der Waals surface area (Å²) in [6.45, 7) is 1.98. The molecule has 3 aliphatic rings. The molecule has 42 heavy (non-hydrogen) atoms. The fourth-order valence-electron chi connectivity index (χ4n) is 6.26. The van der Waals surface area contributed by atoms with E-state index in [2.05, 4.69) is 29.3 Å². The van der Waals surface area contributed by atoms with Crippen LogP contribution in [0.5, 0.6) is 5.75 Å². The van der Waals surface area contributed by atoms with E-state index < -0.39 is 11.0 Å². The highest BCUT2D eigenvalue weighted by molar-refractivity contribution is 6.39. The summed E-state index contributed by atoms with van der Waals surface area (Å²) >= 11 is 6.78. The van der Waals surface area contributed by atoms with Gasteiger partial charge in [0, 0.05) is 24.2 Å². The standard InChI is InChI=1S/C34H30ClN5O2/c1-23-22-34(40(36-23)28-11-7-4-8-12-28)32(35)33(41)38(34)26-17-13-24(14-18-26)30-21-31(25-15-19-29(42-2)20-16-25)39(37-30)27-9-5-3-6-10-27/h3-20,31-32H,21-22H2,1-2H3. The fourth-order valence-corrected chi connectivity index (χ4v) is 6.62. The number of alkyl halides is 1. The molecule has 0 N–H and O–H groups in total. The summed E-state index contributed by atoms with van der Waals surface area (Å²) in [7, 11) is 1.68. The van der Waals surface area contributed by atoms with Crippen molar-refractivity contribution in [1.82, 2.24) is 0 Å². The lowest BCUT2D eigenvalue weighted by molar-refractivity contribution is -0.126. The molecule has 4 aromatic carbocycles. The third-order valence-electron chi connectivity index (χ3n) is 8.27. The number of hydrogen-bond acceptors (Lipinski definition) is 6. The average molecular weight is 576 g/mol. The van der Waals surface area contributed by atoms with Crippen LogP contribution in [-0.2, 0) is 4.79 Å². The number of hydrogen-bond donors (Lipinski definition) is 0. The summed E-state index contributed by atoms with van der Waals surface area (Å²) in [5, 5.41) is 13.2. The molecule has 0 aliphatic carbocycles. The molecule has 3 unspecified atom stereocenters.